The first-order valence-electron chi connectivity index (χ1n) is 10.1. The number of carbonyl (C=O) groups is 2. The number of nitrogens with zero attached hydrogens (tertiary/aromatic N) is 1. The molecule has 0 fully saturated rings. The highest BCUT2D eigenvalue weighted by atomic mass is 35.5. The molecule has 0 aromatic heterocycles. The Morgan fingerprint density at radius 3 is 2.30 bits per heavy atom. The van der Waals surface area contributed by atoms with Crippen molar-refractivity contribution in [3.8, 4) is 0 Å². The SMILES string of the molecule is CCC(C(=O)NC(C)(C)C)N(Cc1ccc(C)cc1)C(=O)Cc1c(F)cccc1Cl. The molecule has 1 unspecified atom stereocenters. The lowest BCUT2D eigenvalue weighted by molar-refractivity contribution is -0.141. The monoisotopic (exact) mass is 432 g/mol. The topological polar surface area (TPSA) is 49.4 Å². The molecule has 0 aliphatic rings. The Morgan fingerprint density at radius 1 is 1.13 bits per heavy atom. The number of amides is 2. The fourth-order valence-electron chi connectivity index (χ4n) is 3.22. The zero-order chi connectivity index (χ0) is 22.5. The average molecular weight is 433 g/mol. The molecular weight excluding hydrogens is 403 g/mol. The number of aryl methyl sites for hydroxylation is 1. The number of carbonyl (C=O) groups excluding carboxylic acids is 2. The van der Waals surface area contributed by atoms with E-state index in [1.165, 1.54) is 17.0 Å². The largest absolute Gasteiger partial charge is 0.350 e. The van der Waals surface area contributed by atoms with Gasteiger partial charge in [0.15, 0.2) is 0 Å². The van der Waals surface area contributed by atoms with Crippen molar-refractivity contribution in [3.63, 3.8) is 0 Å². The second-order valence-corrected chi connectivity index (χ2v) is 8.95. The lowest BCUT2D eigenvalue weighted by atomic mass is 10.0. The molecule has 0 heterocycles. The van der Waals surface area contributed by atoms with Crippen molar-refractivity contribution >= 4 is 23.4 Å². The molecule has 4 nitrogen and oxygen atoms in total. The van der Waals surface area contributed by atoms with Crippen LogP contribution in [0.2, 0.25) is 5.02 Å². The minimum absolute atomic E-state index is 0.143. The number of halogens is 2. The minimum Gasteiger partial charge on any atom is -0.350 e. The van der Waals surface area contributed by atoms with E-state index in [4.69, 9.17) is 11.6 Å². The van der Waals surface area contributed by atoms with Gasteiger partial charge in [0.25, 0.3) is 0 Å². The maximum absolute atomic E-state index is 14.3. The Hall–Kier alpha value is -2.40. The van der Waals surface area contributed by atoms with E-state index in [1.807, 2.05) is 58.9 Å². The van der Waals surface area contributed by atoms with E-state index >= 15 is 0 Å². The molecule has 0 saturated carbocycles. The van der Waals surface area contributed by atoms with E-state index in [2.05, 4.69) is 5.32 Å². The molecule has 0 spiro atoms. The Balaban J connectivity index is 2.36. The Bertz CT molecular complexity index is 871. The molecule has 0 bridgehead atoms. The van der Waals surface area contributed by atoms with Crippen LogP contribution in [0.15, 0.2) is 42.5 Å². The lowest BCUT2D eigenvalue weighted by Gasteiger charge is -2.33. The molecule has 0 aliphatic heterocycles. The van der Waals surface area contributed by atoms with Crippen LogP contribution in [0.4, 0.5) is 4.39 Å². The lowest BCUT2D eigenvalue weighted by Crippen LogP contribution is -2.53. The molecule has 6 heteroatoms. The van der Waals surface area contributed by atoms with Crippen LogP contribution < -0.4 is 5.32 Å². The van der Waals surface area contributed by atoms with E-state index < -0.39 is 17.4 Å². The fraction of sp³-hybridized carbons (Fsp3) is 0.417. The molecule has 1 atom stereocenters. The van der Waals surface area contributed by atoms with Gasteiger partial charge in [-0.05, 0) is 51.8 Å². The summed E-state index contributed by atoms with van der Waals surface area (Å²) in [4.78, 5) is 27.8. The third-order valence-corrected chi connectivity index (χ3v) is 5.10. The van der Waals surface area contributed by atoms with Gasteiger partial charge in [-0.25, -0.2) is 4.39 Å². The van der Waals surface area contributed by atoms with Crippen molar-refractivity contribution in [3.05, 3.63) is 70.0 Å². The van der Waals surface area contributed by atoms with Gasteiger partial charge in [-0.2, -0.15) is 0 Å². The van der Waals surface area contributed by atoms with E-state index in [0.717, 1.165) is 11.1 Å². The van der Waals surface area contributed by atoms with Gasteiger partial charge in [-0.1, -0.05) is 54.4 Å². The molecule has 0 radical (unpaired) electrons. The third kappa shape index (κ3) is 6.56. The van der Waals surface area contributed by atoms with Crippen LogP contribution in [-0.4, -0.2) is 28.3 Å². The van der Waals surface area contributed by atoms with Crippen molar-refractivity contribution in [2.75, 3.05) is 0 Å². The highest BCUT2D eigenvalue weighted by Crippen LogP contribution is 2.22. The molecule has 0 aliphatic carbocycles. The molecule has 162 valence electrons. The first-order valence-corrected chi connectivity index (χ1v) is 10.5. The number of hydrogen-bond acceptors (Lipinski definition) is 2. The summed E-state index contributed by atoms with van der Waals surface area (Å²) in [6.07, 6.45) is 0.223. The van der Waals surface area contributed by atoms with Gasteiger partial charge in [0.1, 0.15) is 11.9 Å². The van der Waals surface area contributed by atoms with Crippen molar-refractivity contribution in [2.24, 2.45) is 0 Å². The summed E-state index contributed by atoms with van der Waals surface area (Å²) in [7, 11) is 0. The Morgan fingerprint density at radius 2 is 1.77 bits per heavy atom. The first kappa shape index (κ1) is 23.9. The normalized spacial score (nSPS) is 12.4. The predicted octanol–water partition coefficient (Wildman–Crippen LogP) is 5.05. The van der Waals surface area contributed by atoms with Gasteiger partial charge in [0.2, 0.25) is 11.8 Å². The predicted molar refractivity (Wildman–Crippen MR) is 119 cm³/mol. The van der Waals surface area contributed by atoms with Gasteiger partial charge in [0.05, 0.1) is 6.42 Å². The van der Waals surface area contributed by atoms with Crippen molar-refractivity contribution in [1.29, 1.82) is 0 Å². The summed E-state index contributed by atoms with van der Waals surface area (Å²) in [5, 5.41) is 3.15. The van der Waals surface area contributed by atoms with Crippen molar-refractivity contribution in [2.45, 2.75) is 65.6 Å². The van der Waals surface area contributed by atoms with Crippen LogP contribution in [0, 0.1) is 12.7 Å². The second kappa shape index (κ2) is 10.1. The maximum atomic E-state index is 14.3. The van der Waals surface area contributed by atoms with E-state index in [9.17, 15) is 14.0 Å². The molecular formula is C24H30ClFN2O2. The zero-order valence-corrected chi connectivity index (χ0v) is 19.0. The van der Waals surface area contributed by atoms with Gasteiger partial charge >= 0.3 is 0 Å². The van der Waals surface area contributed by atoms with E-state index in [-0.39, 0.29) is 35.4 Å². The standard InChI is InChI=1S/C24H30ClFN2O2/c1-6-21(23(30)27-24(3,4)5)28(15-17-12-10-16(2)11-13-17)22(29)14-18-19(25)8-7-9-20(18)26/h7-13,21H,6,14-15H2,1-5H3,(H,27,30). The van der Waals surface area contributed by atoms with Gasteiger partial charge in [-0.3, -0.25) is 9.59 Å². The molecule has 0 saturated heterocycles. The van der Waals surface area contributed by atoms with Crippen LogP contribution >= 0.6 is 11.6 Å². The van der Waals surface area contributed by atoms with Crippen molar-refractivity contribution in [1.82, 2.24) is 10.2 Å². The van der Waals surface area contributed by atoms with Crippen LogP contribution in [-0.2, 0) is 22.6 Å². The number of benzene rings is 2. The van der Waals surface area contributed by atoms with Crippen molar-refractivity contribution < 1.29 is 14.0 Å². The highest BCUT2D eigenvalue weighted by Gasteiger charge is 2.31. The summed E-state index contributed by atoms with van der Waals surface area (Å²) in [6.45, 7) is 9.77. The smallest absolute Gasteiger partial charge is 0.243 e. The third-order valence-electron chi connectivity index (χ3n) is 4.75. The second-order valence-electron chi connectivity index (χ2n) is 8.55. The highest BCUT2D eigenvalue weighted by molar-refractivity contribution is 6.31. The molecule has 30 heavy (non-hydrogen) atoms. The van der Waals surface area contributed by atoms with Gasteiger partial charge in [0, 0.05) is 22.7 Å². The number of hydrogen-bond donors (Lipinski definition) is 1. The van der Waals surface area contributed by atoms with Crippen LogP contribution in [0.5, 0.6) is 0 Å². The van der Waals surface area contributed by atoms with Crippen LogP contribution in [0.1, 0.15) is 50.8 Å². The summed E-state index contributed by atoms with van der Waals surface area (Å²) in [6, 6.07) is 11.4. The molecule has 2 aromatic carbocycles. The van der Waals surface area contributed by atoms with Gasteiger partial charge in [-0.15, -0.1) is 0 Å². The van der Waals surface area contributed by atoms with Crippen LogP contribution in [0.3, 0.4) is 0 Å². The average Bonchev–Trinajstić information content (AvgIpc) is 2.64. The number of rotatable bonds is 7. The minimum atomic E-state index is -0.677. The quantitative estimate of drug-likeness (QED) is 0.665. The molecule has 2 rings (SSSR count). The Labute approximate surface area is 183 Å². The first-order chi connectivity index (χ1) is 14.0. The Kier molecular flexibility index (Phi) is 8.02. The molecule has 1 N–H and O–H groups in total. The maximum Gasteiger partial charge on any atom is 0.243 e. The molecule has 2 aromatic rings. The van der Waals surface area contributed by atoms with E-state index in [0.29, 0.717) is 6.42 Å². The summed E-state index contributed by atoms with van der Waals surface area (Å²) < 4.78 is 14.3. The summed E-state index contributed by atoms with van der Waals surface area (Å²) in [5.41, 5.74) is 1.71. The van der Waals surface area contributed by atoms with E-state index in [1.54, 1.807) is 6.07 Å². The fourth-order valence-corrected chi connectivity index (χ4v) is 3.45. The van der Waals surface area contributed by atoms with Crippen LogP contribution in [0.25, 0.3) is 0 Å². The number of nitrogens with one attached hydrogen (secondary N) is 1. The zero-order valence-electron chi connectivity index (χ0n) is 18.3. The summed E-state index contributed by atoms with van der Waals surface area (Å²) >= 11 is 6.13. The van der Waals surface area contributed by atoms with Gasteiger partial charge < -0.3 is 10.2 Å². The molecule has 2 amide bonds. The summed E-state index contributed by atoms with van der Waals surface area (Å²) in [5.74, 6) is -1.11.